The smallest absolute Gasteiger partial charge is 0.223 e. The highest BCUT2D eigenvalue weighted by atomic mass is 16.5. The standard InChI is InChI=1S/C9H17N3O2/c1-6(7(2)13)10-5-4-9-11-8(3)14-12-9/h6-7,10,13H,4-5H2,1-3H3. The Bertz CT molecular complexity index is 273. The molecule has 1 heterocycles. The van der Waals surface area contributed by atoms with Gasteiger partial charge in [-0.1, -0.05) is 5.16 Å². The molecular weight excluding hydrogens is 182 g/mol. The van der Waals surface area contributed by atoms with Crippen LogP contribution in [0.2, 0.25) is 0 Å². The second-order valence-corrected chi connectivity index (χ2v) is 3.46. The summed E-state index contributed by atoms with van der Waals surface area (Å²) in [5, 5.41) is 16.1. The van der Waals surface area contributed by atoms with Crippen molar-refractivity contribution in [2.24, 2.45) is 0 Å². The maximum atomic E-state index is 9.21. The first kappa shape index (κ1) is 11.1. The van der Waals surface area contributed by atoms with E-state index in [1.165, 1.54) is 0 Å². The lowest BCUT2D eigenvalue weighted by Gasteiger charge is -2.15. The van der Waals surface area contributed by atoms with Crippen molar-refractivity contribution >= 4 is 0 Å². The first-order chi connectivity index (χ1) is 6.59. The predicted molar refractivity (Wildman–Crippen MR) is 51.9 cm³/mol. The van der Waals surface area contributed by atoms with Gasteiger partial charge in [0.15, 0.2) is 5.82 Å². The number of aliphatic hydroxyl groups excluding tert-OH is 1. The molecule has 2 N–H and O–H groups in total. The van der Waals surface area contributed by atoms with Crippen molar-refractivity contribution in [3.8, 4) is 0 Å². The summed E-state index contributed by atoms with van der Waals surface area (Å²) >= 11 is 0. The van der Waals surface area contributed by atoms with Crippen LogP contribution in [-0.2, 0) is 6.42 Å². The molecule has 0 amide bonds. The van der Waals surface area contributed by atoms with Crippen LogP contribution in [0.25, 0.3) is 0 Å². The van der Waals surface area contributed by atoms with E-state index in [0.717, 1.165) is 6.54 Å². The quantitative estimate of drug-likeness (QED) is 0.712. The van der Waals surface area contributed by atoms with Gasteiger partial charge >= 0.3 is 0 Å². The van der Waals surface area contributed by atoms with Gasteiger partial charge < -0.3 is 14.9 Å². The lowest BCUT2D eigenvalue weighted by molar-refractivity contribution is 0.153. The Morgan fingerprint density at radius 2 is 2.21 bits per heavy atom. The third-order valence-corrected chi connectivity index (χ3v) is 2.11. The first-order valence-corrected chi connectivity index (χ1v) is 4.80. The molecule has 1 aromatic heterocycles. The van der Waals surface area contributed by atoms with Crippen LogP contribution in [0.15, 0.2) is 4.52 Å². The first-order valence-electron chi connectivity index (χ1n) is 4.80. The minimum Gasteiger partial charge on any atom is -0.392 e. The van der Waals surface area contributed by atoms with Crippen LogP contribution in [0.1, 0.15) is 25.6 Å². The molecule has 5 heteroatoms. The summed E-state index contributed by atoms with van der Waals surface area (Å²) < 4.78 is 4.83. The highest BCUT2D eigenvalue weighted by Gasteiger charge is 2.08. The second kappa shape index (κ2) is 5.07. The number of nitrogens with zero attached hydrogens (tertiary/aromatic N) is 2. The summed E-state index contributed by atoms with van der Waals surface area (Å²) in [6.45, 7) is 6.20. The van der Waals surface area contributed by atoms with Gasteiger partial charge in [-0.3, -0.25) is 0 Å². The van der Waals surface area contributed by atoms with Crippen molar-refractivity contribution in [1.82, 2.24) is 15.5 Å². The second-order valence-electron chi connectivity index (χ2n) is 3.46. The summed E-state index contributed by atoms with van der Waals surface area (Å²) in [7, 11) is 0. The molecule has 0 fully saturated rings. The third-order valence-electron chi connectivity index (χ3n) is 2.11. The fraction of sp³-hybridized carbons (Fsp3) is 0.778. The Hall–Kier alpha value is -0.940. The lowest BCUT2D eigenvalue weighted by atomic mass is 10.2. The Labute approximate surface area is 83.5 Å². The maximum absolute atomic E-state index is 9.21. The average Bonchev–Trinajstić information content (AvgIpc) is 2.51. The molecule has 0 saturated heterocycles. The van der Waals surface area contributed by atoms with Crippen LogP contribution in [0, 0.1) is 6.92 Å². The van der Waals surface area contributed by atoms with E-state index in [1.807, 2.05) is 6.92 Å². The Morgan fingerprint density at radius 1 is 1.50 bits per heavy atom. The summed E-state index contributed by atoms with van der Waals surface area (Å²) in [6, 6.07) is 0.0861. The highest BCUT2D eigenvalue weighted by Crippen LogP contribution is 1.96. The third kappa shape index (κ3) is 3.43. The molecule has 0 bridgehead atoms. The number of aliphatic hydroxyl groups is 1. The van der Waals surface area contributed by atoms with Crippen LogP contribution in [-0.4, -0.2) is 33.9 Å². The zero-order chi connectivity index (χ0) is 10.6. The van der Waals surface area contributed by atoms with Gasteiger partial charge in [-0.05, 0) is 13.8 Å². The Kier molecular flexibility index (Phi) is 4.03. The predicted octanol–water partition coefficient (Wildman–Crippen LogP) is 0.279. The minimum absolute atomic E-state index is 0.0861. The summed E-state index contributed by atoms with van der Waals surface area (Å²) in [6.07, 6.45) is 0.371. The minimum atomic E-state index is -0.345. The van der Waals surface area contributed by atoms with Gasteiger partial charge in [-0.15, -0.1) is 0 Å². The molecule has 1 aromatic rings. The Morgan fingerprint density at radius 3 is 2.71 bits per heavy atom. The molecule has 80 valence electrons. The molecule has 14 heavy (non-hydrogen) atoms. The largest absolute Gasteiger partial charge is 0.392 e. The van der Waals surface area contributed by atoms with E-state index < -0.39 is 0 Å². The van der Waals surface area contributed by atoms with Crippen molar-refractivity contribution in [1.29, 1.82) is 0 Å². The number of rotatable bonds is 5. The van der Waals surface area contributed by atoms with Gasteiger partial charge in [0.2, 0.25) is 5.89 Å². The number of aromatic nitrogens is 2. The number of hydrogen-bond donors (Lipinski definition) is 2. The van der Waals surface area contributed by atoms with E-state index >= 15 is 0 Å². The van der Waals surface area contributed by atoms with Crippen LogP contribution in [0.3, 0.4) is 0 Å². The van der Waals surface area contributed by atoms with Crippen molar-refractivity contribution < 1.29 is 9.63 Å². The van der Waals surface area contributed by atoms with Gasteiger partial charge in [0, 0.05) is 25.9 Å². The maximum Gasteiger partial charge on any atom is 0.223 e. The van der Waals surface area contributed by atoms with Gasteiger partial charge in [0.05, 0.1) is 6.10 Å². The summed E-state index contributed by atoms with van der Waals surface area (Å²) in [5.74, 6) is 1.29. The van der Waals surface area contributed by atoms with E-state index in [9.17, 15) is 5.11 Å². The molecule has 2 atom stereocenters. The van der Waals surface area contributed by atoms with Crippen LogP contribution in [0.4, 0.5) is 0 Å². The summed E-state index contributed by atoms with van der Waals surface area (Å²) in [5.41, 5.74) is 0. The molecule has 1 rings (SSSR count). The SMILES string of the molecule is Cc1nc(CCNC(C)C(C)O)no1. The lowest BCUT2D eigenvalue weighted by Crippen LogP contribution is -2.36. The molecule has 0 spiro atoms. The van der Waals surface area contributed by atoms with E-state index in [0.29, 0.717) is 18.1 Å². The molecule has 5 nitrogen and oxygen atoms in total. The monoisotopic (exact) mass is 199 g/mol. The van der Waals surface area contributed by atoms with Gasteiger partial charge in [0.1, 0.15) is 0 Å². The molecule has 0 aliphatic heterocycles. The normalized spacial score (nSPS) is 15.4. The van der Waals surface area contributed by atoms with E-state index in [-0.39, 0.29) is 12.1 Å². The molecule has 0 aromatic carbocycles. The van der Waals surface area contributed by atoms with Crippen molar-refractivity contribution in [3.05, 3.63) is 11.7 Å². The van der Waals surface area contributed by atoms with Crippen molar-refractivity contribution in [2.75, 3.05) is 6.54 Å². The number of hydrogen-bond acceptors (Lipinski definition) is 5. The van der Waals surface area contributed by atoms with Gasteiger partial charge in [-0.25, -0.2) is 0 Å². The molecular formula is C9H17N3O2. The fourth-order valence-electron chi connectivity index (χ4n) is 1.03. The molecule has 0 aliphatic carbocycles. The van der Waals surface area contributed by atoms with Crippen molar-refractivity contribution in [3.63, 3.8) is 0 Å². The Balaban J connectivity index is 2.22. The van der Waals surface area contributed by atoms with E-state index in [4.69, 9.17) is 4.52 Å². The van der Waals surface area contributed by atoms with Gasteiger partial charge in [0.25, 0.3) is 0 Å². The molecule has 0 radical (unpaired) electrons. The van der Waals surface area contributed by atoms with Crippen LogP contribution >= 0.6 is 0 Å². The fourth-order valence-corrected chi connectivity index (χ4v) is 1.03. The zero-order valence-corrected chi connectivity index (χ0v) is 8.82. The number of nitrogens with one attached hydrogen (secondary N) is 1. The number of aryl methyl sites for hydroxylation is 1. The molecule has 2 unspecified atom stereocenters. The summed E-state index contributed by atoms with van der Waals surface area (Å²) in [4.78, 5) is 4.07. The van der Waals surface area contributed by atoms with Crippen LogP contribution < -0.4 is 5.32 Å². The zero-order valence-electron chi connectivity index (χ0n) is 8.82. The van der Waals surface area contributed by atoms with E-state index in [1.54, 1.807) is 13.8 Å². The van der Waals surface area contributed by atoms with Crippen molar-refractivity contribution in [2.45, 2.75) is 39.3 Å². The molecule has 0 saturated carbocycles. The van der Waals surface area contributed by atoms with E-state index in [2.05, 4.69) is 15.5 Å². The highest BCUT2D eigenvalue weighted by molar-refractivity contribution is 4.85. The van der Waals surface area contributed by atoms with Crippen LogP contribution in [0.5, 0.6) is 0 Å². The average molecular weight is 199 g/mol. The molecule has 0 aliphatic rings. The van der Waals surface area contributed by atoms with Gasteiger partial charge in [-0.2, -0.15) is 4.98 Å². The topological polar surface area (TPSA) is 71.2 Å².